The van der Waals surface area contributed by atoms with Gasteiger partial charge in [0.1, 0.15) is 0 Å². The number of fused-ring (bicyclic) bond motifs is 1. The Morgan fingerprint density at radius 2 is 1.53 bits per heavy atom. The summed E-state index contributed by atoms with van der Waals surface area (Å²) in [5.41, 5.74) is 0.799. The number of carbonyl (C=O) groups excluding carboxylic acids is 1. The van der Waals surface area contributed by atoms with Crippen LogP contribution in [0.5, 0.6) is 0 Å². The second-order valence-electron chi connectivity index (χ2n) is 8.44. The third-order valence-corrected chi connectivity index (χ3v) is 6.05. The molecule has 1 atom stereocenters. The Bertz CT molecular complexity index is 1310. The zero-order valence-corrected chi connectivity index (χ0v) is 19.0. The van der Waals surface area contributed by atoms with Crippen LogP contribution in [0.25, 0.3) is 5.70 Å². The summed E-state index contributed by atoms with van der Waals surface area (Å²) in [7, 11) is 1.19. The Morgan fingerprint density at radius 3 is 2.19 bits per heavy atom. The van der Waals surface area contributed by atoms with Crippen LogP contribution in [0.2, 0.25) is 0 Å². The molecule has 3 aromatic rings. The lowest BCUT2D eigenvalue weighted by Crippen LogP contribution is -2.22. The molecule has 0 heterocycles. The molecule has 4 rings (SSSR count). The maximum absolute atomic E-state index is 13.2. The van der Waals surface area contributed by atoms with Crippen LogP contribution in [0.3, 0.4) is 0 Å². The molecule has 3 aromatic carbocycles. The minimum Gasteiger partial charge on any atom is -0.466 e. The van der Waals surface area contributed by atoms with E-state index in [1.54, 1.807) is 30.3 Å². The van der Waals surface area contributed by atoms with Gasteiger partial charge in [-0.25, -0.2) is 4.79 Å². The lowest BCUT2D eigenvalue weighted by atomic mass is 9.78. The van der Waals surface area contributed by atoms with Crippen molar-refractivity contribution in [2.24, 2.45) is 0 Å². The molecule has 1 aliphatic carbocycles. The Balaban J connectivity index is 1.75. The number of rotatable bonds is 5. The number of carbonyl (C=O) groups is 1. The largest absolute Gasteiger partial charge is 0.466 e. The molecule has 0 saturated carbocycles. The summed E-state index contributed by atoms with van der Waals surface area (Å²) in [6.07, 6.45) is -8.68. The van der Waals surface area contributed by atoms with E-state index in [1.807, 2.05) is 0 Å². The normalized spacial score (nSPS) is 15.9. The molecular weight excluding hydrogens is 484 g/mol. The molecule has 0 saturated heterocycles. The smallest absolute Gasteiger partial charge is 0.416 e. The van der Waals surface area contributed by atoms with E-state index in [0.717, 1.165) is 29.8 Å². The van der Waals surface area contributed by atoms with Crippen molar-refractivity contribution in [1.82, 2.24) is 0 Å². The van der Waals surface area contributed by atoms with Crippen LogP contribution in [0.15, 0.2) is 78.4 Å². The summed E-state index contributed by atoms with van der Waals surface area (Å²) in [5.74, 6) is -1.03. The first kappa shape index (κ1) is 25.3. The van der Waals surface area contributed by atoms with Crippen LogP contribution in [0, 0.1) is 0 Å². The van der Waals surface area contributed by atoms with E-state index >= 15 is 0 Å². The zero-order valence-electron chi connectivity index (χ0n) is 19.0. The highest BCUT2D eigenvalue weighted by atomic mass is 19.4. The van der Waals surface area contributed by atoms with E-state index in [-0.39, 0.29) is 30.0 Å². The fourth-order valence-corrected chi connectivity index (χ4v) is 4.41. The molecule has 0 amide bonds. The van der Waals surface area contributed by atoms with E-state index in [4.69, 9.17) is 4.74 Å². The summed E-state index contributed by atoms with van der Waals surface area (Å²) in [6.45, 7) is 0. The summed E-state index contributed by atoms with van der Waals surface area (Å²) >= 11 is 0. The van der Waals surface area contributed by atoms with Crippen LogP contribution in [-0.4, -0.2) is 13.1 Å². The summed E-state index contributed by atoms with van der Waals surface area (Å²) in [6, 6.07) is 16.6. The monoisotopic (exact) mass is 505 g/mol. The standard InChI is InChI=1S/C27H21F6NO2/c1-36-25(35)23-14-17(12-16-6-4-7-18(13-16)26(28,29)30)21-10-2-3-11-22(21)24(23)34-20-9-5-8-19(15-20)27(31,32)33/h2-11,13,15,17,34H,12,14H2,1H3. The van der Waals surface area contributed by atoms with E-state index in [2.05, 4.69) is 5.32 Å². The van der Waals surface area contributed by atoms with E-state index in [1.165, 1.54) is 25.3 Å². The Kier molecular flexibility index (Phi) is 6.84. The molecule has 1 aliphatic rings. The number of ether oxygens (including phenoxy) is 1. The van der Waals surface area contributed by atoms with Gasteiger partial charge in [-0.1, -0.05) is 48.5 Å². The molecule has 0 aromatic heterocycles. The Hall–Kier alpha value is -3.75. The fraction of sp³-hybridized carbons (Fsp3) is 0.222. The maximum atomic E-state index is 13.2. The first-order chi connectivity index (χ1) is 17.0. The van der Waals surface area contributed by atoms with E-state index in [9.17, 15) is 31.1 Å². The van der Waals surface area contributed by atoms with Crippen LogP contribution < -0.4 is 5.32 Å². The highest BCUT2D eigenvalue weighted by Gasteiger charge is 2.34. The van der Waals surface area contributed by atoms with Crippen LogP contribution in [0.4, 0.5) is 32.0 Å². The average molecular weight is 505 g/mol. The first-order valence-corrected chi connectivity index (χ1v) is 11.0. The first-order valence-electron chi connectivity index (χ1n) is 11.0. The van der Waals surface area contributed by atoms with Crippen molar-refractivity contribution in [2.45, 2.75) is 31.1 Å². The topological polar surface area (TPSA) is 38.3 Å². The number of hydrogen-bond donors (Lipinski definition) is 1. The summed E-state index contributed by atoms with van der Waals surface area (Å²) in [4.78, 5) is 12.7. The number of esters is 1. The maximum Gasteiger partial charge on any atom is 0.416 e. The average Bonchev–Trinajstić information content (AvgIpc) is 2.84. The lowest BCUT2D eigenvalue weighted by Gasteiger charge is -2.30. The van der Waals surface area contributed by atoms with Crippen molar-refractivity contribution in [3.8, 4) is 0 Å². The molecular formula is C27H21F6NO2. The van der Waals surface area contributed by atoms with E-state index < -0.39 is 29.4 Å². The molecule has 0 radical (unpaired) electrons. The number of halogens is 6. The molecule has 36 heavy (non-hydrogen) atoms. The predicted molar refractivity (Wildman–Crippen MR) is 123 cm³/mol. The Labute approximate surface area is 203 Å². The number of nitrogens with one attached hydrogen (secondary N) is 1. The van der Waals surface area contributed by atoms with Crippen molar-refractivity contribution in [2.75, 3.05) is 12.4 Å². The third kappa shape index (κ3) is 5.40. The number of hydrogen-bond acceptors (Lipinski definition) is 3. The van der Waals surface area contributed by atoms with Crippen molar-refractivity contribution >= 4 is 17.4 Å². The minimum atomic E-state index is -4.54. The second kappa shape index (κ2) is 9.72. The summed E-state index contributed by atoms with van der Waals surface area (Å²) in [5, 5.41) is 2.96. The van der Waals surface area contributed by atoms with Gasteiger partial charge in [-0.05, 0) is 54.2 Å². The fourth-order valence-electron chi connectivity index (χ4n) is 4.41. The van der Waals surface area contributed by atoms with Gasteiger partial charge in [-0.2, -0.15) is 26.3 Å². The van der Waals surface area contributed by atoms with Gasteiger partial charge in [0.05, 0.1) is 29.5 Å². The Morgan fingerprint density at radius 1 is 0.889 bits per heavy atom. The minimum absolute atomic E-state index is 0.126. The molecule has 0 aliphatic heterocycles. The van der Waals surface area contributed by atoms with Crippen molar-refractivity contribution in [3.05, 3.63) is 106 Å². The van der Waals surface area contributed by atoms with Gasteiger partial charge in [0.15, 0.2) is 0 Å². The van der Waals surface area contributed by atoms with Crippen molar-refractivity contribution in [3.63, 3.8) is 0 Å². The van der Waals surface area contributed by atoms with Gasteiger partial charge in [0.25, 0.3) is 0 Å². The van der Waals surface area contributed by atoms with Gasteiger partial charge in [0, 0.05) is 11.3 Å². The molecule has 9 heteroatoms. The molecule has 1 unspecified atom stereocenters. The van der Waals surface area contributed by atoms with Gasteiger partial charge in [0.2, 0.25) is 0 Å². The molecule has 0 fully saturated rings. The number of methoxy groups -OCH3 is 1. The van der Waals surface area contributed by atoms with Crippen molar-refractivity contribution < 1.29 is 35.9 Å². The van der Waals surface area contributed by atoms with Gasteiger partial charge in [-0.15, -0.1) is 0 Å². The van der Waals surface area contributed by atoms with Gasteiger partial charge >= 0.3 is 18.3 Å². The SMILES string of the molecule is COC(=O)C1=C(Nc2cccc(C(F)(F)F)c2)c2ccccc2C(Cc2cccc(C(F)(F)F)c2)C1. The highest BCUT2D eigenvalue weighted by Crippen LogP contribution is 2.42. The lowest BCUT2D eigenvalue weighted by molar-refractivity contribution is -0.138. The van der Waals surface area contributed by atoms with Crippen molar-refractivity contribution in [1.29, 1.82) is 0 Å². The van der Waals surface area contributed by atoms with Gasteiger partial charge in [-0.3, -0.25) is 0 Å². The van der Waals surface area contributed by atoms with Crippen LogP contribution >= 0.6 is 0 Å². The van der Waals surface area contributed by atoms with E-state index in [0.29, 0.717) is 16.8 Å². The number of anilines is 1. The third-order valence-electron chi connectivity index (χ3n) is 6.05. The molecule has 3 nitrogen and oxygen atoms in total. The van der Waals surface area contributed by atoms with Gasteiger partial charge < -0.3 is 10.1 Å². The molecule has 1 N–H and O–H groups in total. The number of alkyl halides is 6. The molecule has 0 bridgehead atoms. The predicted octanol–water partition coefficient (Wildman–Crippen LogP) is 7.45. The quantitative estimate of drug-likeness (QED) is 0.289. The highest BCUT2D eigenvalue weighted by molar-refractivity contribution is 6.01. The molecule has 188 valence electrons. The molecule has 0 spiro atoms. The summed E-state index contributed by atoms with van der Waals surface area (Å²) < 4.78 is 84.2. The van der Waals surface area contributed by atoms with Crippen LogP contribution in [0.1, 0.15) is 40.2 Å². The van der Waals surface area contributed by atoms with Crippen LogP contribution in [-0.2, 0) is 28.3 Å². The second-order valence-corrected chi connectivity index (χ2v) is 8.44. The number of benzene rings is 3. The zero-order chi connectivity index (χ0) is 26.1.